The van der Waals surface area contributed by atoms with Gasteiger partial charge in [0, 0.05) is 6.07 Å². The lowest BCUT2D eigenvalue weighted by molar-refractivity contribution is 0.101. The smallest absolute Gasteiger partial charge is 0.280 e. The van der Waals surface area contributed by atoms with Crippen molar-refractivity contribution in [2.45, 2.75) is 0 Å². The number of hydrogen-bond donors (Lipinski definition) is 1. The molecule has 0 radical (unpaired) electrons. The molecule has 3 aromatic rings. The summed E-state index contributed by atoms with van der Waals surface area (Å²) in [5, 5.41) is 7.00. The van der Waals surface area contributed by atoms with Crippen LogP contribution in [-0.2, 0) is 0 Å². The summed E-state index contributed by atoms with van der Waals surface area (Å²) in [5.41, 5.74) is 1.10. The van der Waals surface area contributed by atoms with Gasteiger partial charge in [0.25, 0.3) is 5.91 Å². The van der Waals surface area contributed by atoms with Gasteiger partial charge in [-0.05, 0) is 36.4 Å². The fourth-order valence-electron chi connectivity index (χ4n) is 2.48. The van der Waals surface area contributed by atoms with Crippen molar-refractivity contribution in [3.63, 3.8) is 0 Å². The van der Waals surface area contributed by atoms with Crippen molar-refractivity contribution >= 4 is 11.6 Å². The maximum atomic E-state index is 13.1. The maximum Gasteiger partial charge on any atom is 0.280 e. The lowest BCUT2D eigenvalue weighted by atomic mass is 10.2. The lowest BCUT2D eigenvalue weighted by Crippen LogP contribution is -2.15. The minimum absolute atomic E-state index is 0.0756. The Kier molecular flexibility index (Phi) is 5.25. The van der Waals surface area contributed by atoms with E-state index in [2.05, 4.69) is 10.4 Å². The molecule has 0 aliphatic carbocycles. The van der Waals surface area contributed by atoms with E-state index in [4.69, 9.17) is 14.2 Å². The molecule has 3 rings (SSSR count). The fourth-order valence-corrected chi connectivity index (χ4v) is 2.48. The van der Waals surface area contributed by atoms with Crippen LogP contribution >= 0.6 is 0 Å². The Morgan fingerprint density at radius 2 is 1.70 bits per heavy atom. The number of amides is 1. The summed E-state index contributed by atoms with van der Waals surface area (Å²) in [7, 11) is 4.47. The topological polar surface area (TPSA) is 74.6 Å². The van der Waals surface area contributed by atoms with Crippen LogP contribution < -0.4 is 19.5 Å². The van der Waals surface area contributed by atoms with Crippen LogP contribution in [0.5, 0.6) is 17.2 Å². The number of nitrogens with one attached hydrogen (secondary N) is 1. The highest BCUT2D eigenvalue weighted by Gasteiger charge is 2.20. The van der Waals surface area contributed by atoms with Crippen LogP contribution in [0.15, 0.2) is 48.7 Å². The van der Waals surface area contributed by atoms with Gasteiger partial charge in [0.2, 0.25) is 0 Å². The van der Waals surface area contributed by atoms with Crippen molar-refractivity contribution in [3.8, 4) is 22.9 Å². The molecule has 1 amide bonds. The first-order valence-corrected chi connectivity index (χ1v) is 7.98. The molecule has 0 atom stereocenters. The molecule has 1 aromatic heterocycles. The lowest BCUT2D eigenvalue weighted by Gasteiger charge is -2.11. The van der Waals surface area contributed by atoms with Crippen molar-refractivity contribution in [1.29, 1.82) is 0 Å². The predicted octanol–water partition coefficient (Wildman–Crippen LogP) is 3.29. The van der Waals surface area contributed by atoms with Crippen LogP contribution in [-0.4, -0.2) is 37.0 Å². The zero-order valence-corrected chi connectivity index (χ0v) is 15.0. The first-order chi connectivity index (χ1) is 13.0. The van der Waals surface area contributed by atoms with Gasteiger partial charge in [-0.2, -0.15) is 5.10 Å². The number of nitrogens with zero attached hydrogens (tertiary/aromatic N) is 2. The van der Waals surface area contributed by atoms with Gasteiger partial charge in [-0.25, -0.2) is 9.07 Å². The first-order valence-electron chi connectivity index (χ1n) is 7.98. The Hall–Kier alpha value is -3.55. The highest BCUT2D eigenvalue weighted by Crippen LogP contribution is 2.30. The molecule has 0 aliphatic heterocycles. The molecule has 7 nitrogen and oxygen atoms in total. The number of carbonyl (C=O) groups is 1. The molecule has 0 saturated carbocycles. The van der Waals surface area contributed by atoms with E-state index in [1.807, 2.05) is 0 Å². The molecule has 0 aliphatic rings. The van der Waals surface area contributed by atoms with Gasteiger partial charge in [0.15, 0.2) is 11.4 Å². The van der Waals surface area contributed by atoms with Crippen molar-refractivity contribution in [2.24, 2.45) is 0 Å². The number of benzene rings is 2. The predicted molar refractivity (Wildman–Crippen MR) is 97.6 cm³/mol. The zero-order valence-electron chi connectivity index (χ0n) is 15.0. The van der Waals surface area contributed by atoms with E-state index in [0.717, 1.165) is 0 Å². The SMILES string of the molecule is COc1ccc(OC)c(NC(=O)c2nn(-c3ccc(F)cc3)cc2OC)c1. The molecule has 27 heavy (non-hydrogen) atoms. The minimum atomic E-state index is -0.487. The van der Waals surface area contributed by atoms with Crippen molar-refractivity contribution < 1.29 is 23.4 Å². The second-order valence-electron chi connectivity index (χ2n) is 5.49. The van der Waals surface area contributed by atoms with E-state index in [1.54, 1.807) is 36.5 Å². The number of methoxy groups -OCH3 is 3. The highest BCUT2D eigenvalue weighted by molar-refractivity contribution is 6.05. The number of aromatic nitrogens is 2. The number of halogens is 1. The third kappa shape index (κ3) is 3.84. The second-order valence-corrected chi connectivity index (χ2v) is 5.49. The van der Waals surface area contributed by atoms with E-state index < -0.39 is 5.91 Å². The Morgan fingerprint density at radius 1 is 1.00 bits per heavy atom. The molecule has 0 bridgehead atoms. The Bertz CT molecular complexity index is 954. The monoisotopic (exact) mass is 371 g/mol. The fraction of sp³-hybridized carbons (Fsp3) is 0.158. The highest BCUT2D eigenvalue weighted by atomic mass is 19.1. The van der Waals surface area contributed by atoms with Crippen molar-refractivity contribution in [1.82, 2.24) is 9.78 Å². The number of hydrogen-bond acceptors (Lipinski definition) is 5. The van der Waals surface area contributed by atoms with Gasteiger partial charge in [0.1, 0.15) is 17.3 Å². The van der Waals surface area contributed by atoms with Gasteiger partial charge in [-0.1, -0.05) is 0 Å². The van der Waals surface area contributed by atoms with Crippen molar-refractivity contribution in [2.75, 3.05) is 26.6 Å². The molecule has 2 aromatic carbocycles. The third-order valence-corrected chi connectivity index (χ3v) is 3.86. The molecule has 1 heterocycles. The summed E-state index contributed by atoms with van der Waals surface area (Å²) < 4.78 is 30.3. The molecule has 0 unspecified atom stereocenters. The molecule has 0 saturated heterocycles. The number of rotatable bonds is 6. The average Bonchev–Trinajstić information content (AvgIpc) is 3.13. The Morgan fingerprint density at radius 3 is 2.33 bits per heavy atom. The Balaban J connectivity index is 1.92. The summed E-state index contributed by atoms with van der Waals surface area (Å²) in [5.74, 6) is 0.468. The first kappa shape index (κ1) is 18.2. The molecule has 8 heteroatoms. The summed E-state index contributed by atoms with van der Waals surface area (Å²) in [6, 6.07) is 10.8. The molecular formula is C19H18FN3O4. The van der Waals surface area contributed by atoms with Gasteiger partial charge >= 0.3 is 0 Å². The van der Waals surface area contributed by atoms with Crippen LogP contribution in [0.4, 0.5) is 10.1 Å². The van der Waals surface area contributed by atoms with Crippen LogP contribution in [0.25, 0.3) is 5.69 Å². The van der Waals surface area contributed by atoms with Gasteiger partial charge in [-0.3, -0.25) is 4.79 Å². The van der Waals surface area contributed by atoms with Crippen LogP contribution in [0, 0.1) is 5.82 Å². The molecule has 1 N–H and O–H groups in total. The molecule has 0 spiro atoms. The van der Waals surface area contributed by atoms with Gasteiger partial charge in [0.05, 0.1) is 38.9 Å². The van der Waals surface area contributed by atoms with Crippen molar-refractivity contribution in [3.05, 3.63) is 60.2 Å². The summed E-state index contributed by atoms with van der Waals surface area (Å²) in [4.78, 5) is 12.7. The maximum absolute atomic E-state index is 13.1. The van der Waals surface area contributed by atoms with Crippen LogP contribution in [0.2, 0.25) is 0 Å². The molecular weight excluding hydrogens is 353 g/mol. The van der Waals surface area contributed by atoms with E-state index in [1.165, 1.54) is 38.1 Å². The normalized spacial score (nSPS) is 10.4. The third-order valence-electron chi connectivity index (χ3n) is 3.86. The van der Waals surface area contributed by atoms with Gasteiger partial charge in [-0.15, -0.1) is 0 Å². The van der Waals surface area contributed by atoms with E-state index >= 15 is 0 Å². The largest absolute Gasteiger partial charge is 0.497 e. The molecule has 0 fully saturated rings. The van der Waals surface area contributed by atoms with Crippen LogP contribution in [0.3, 0.4) is 0 Å². The second kappa shape index (κ2) is 7.77. The van der Waals surface area contributed by atoms with Gasteiger partial charge < -0.3 is 19.5 Å². The number of anilines is 1. The quantitative estimate of drug-likeness (QED) is 0.720. The van der Waals surface area contributed by atoms with E-state index in [9.17, 15) is 9.18 Å². The standard InChI is InChI=1S/C19H18FN3O4/c1-25-14-8-9-16(26-2)15(10-14)21-19(24)18-17(27-3)11-23(22-18)13-6-4-12(20)5-7-13/h4-11H,1-3H3,(H,21,24). The minimum Gasteiger partial charge on any atom is -0.497 e. The number of ether oxygens (including phenoxy) is 3. The summed E-state index contributed by atoms with van der Waals surface area (Å²) >= 11 is 0. The van der Waals surface area contributed by atoms with E-state index in [-0.39, 0.29) is 17.3 Å². The Labute approximate surface area is 155 Å². The van der Waals surface area contributed by atoms with Crippen LogP contribution in [0.1, 0.15) is 10.5 Å². The zero-order chi connectivity index (χ0) is 19.4. The summed E-state index contributed by atoms with van der Waals surface area (Å²) in [6.07, 6.45) is 1.55. The summed E-state index contributed by atoms with van der Waals surface area (Å²) in [6.45, 7) is 0. The average molecular weight is 371 g/mol. The van der Waals surface area contributed by atoms with E-state index in [0.29, 0.717) is 22.9 Å². The molecule has 140 valence electrons. The number of carbonyl (C=O) groups excluding carboxylic acids is 1.